The number of benzene rings is 2. The van der Waals surface area contributed by atoms with Crippen LogP contribution in [0.2, 0.25) is 0 Å². The summed E-state index contributed by atoms with van der Waals surface area (Å²) < 4.78 is 24.8. The maximum atomic E-state index is 11.5. The summed E-state index contributed by atoms with van der Waals surface area (Å²) in [6.07, 6.45) is 1.19. The van der Waals surface area contributed by atoms with Gasteiger partial charge in [0.1, 0.15) is 0 Å². The molecule has 0 bridgehead atoms. The zero-order chi connectivity index (χ0) is 15.2. The van der Waals surface area contributed by atoms with Gasteiger partial charge in [-0.05, 0) is 48.9 Å². The topological polar surface area (TPSA) is 78.0 Å². The maximum absolute atomic E-state index is 11.5. The smallest absolute Gasteiger partial charge is 0.205 e. The molecule has 0 amide bonds. The molecule has 0 fully saturated rings. The quantitative estimate of drug-likeness (QED) is 0.788. The molecule has 3 aromatic rings. The van der Waals surface area contributed by atoms with Crippen LogP contribution in [0.3, 0.4) is 0 Å². The average molecular weight is 301 g/mol. The van der Waals surface area contributed by atoms with Gasteiger partial charge < -0.3 is 5.73 Å². The van der Waals surface area contributed by atoms with E-state index in [-0.39, 0.29) is 4.90 Å². The molecule has 5 nitrogen and oxygen atoms in total. The summed E-state index contributed by atoms with van der Waals surface area (Å²) >= 11 is 0. The Morgan fingerprint density at radius 1 is 1.10 bits per heavy atom. The molecule has 0 atom stereocenters. The van der Waals surface area contributed by atoms with Crippen LogP contribution in [-0.2, 0) is 9.84 Å². The molecule has 0 saturated heterocycles. The van der Waals surface area contributed by atoms with Crippen LogP contribution in [0.4, 0.5) is 5.95 Å². The summed E-state index contributed by atoms with van der Waals surface area (Å²) in [5.41, 5.74) is 9.60. The first kappa shape index (κ1) is 13.6. The highest BCUT2D eigenvalue weighted by atomic mass is 32.2. The molecular weight excluding hydrogens is 286 g/mol. The largest absolute Gasteiger partial charge is 0.369 e. The minimum absolute atomic E-state index is 0.282. The van der Waals surface area contributed by atoms with Crippen LogP contribution < -0.4 is 5.73 Å². The SMILES string of the molecule is Cc1ccc2c(c1)nc(N)n2-c1ccc(S(C)(=O)=O)cc1. The number of nitrogens with two attached hydrogens (primary N) is 1. The third kappa shape index (κ3) is 2.38. The zero-order valence-corrected chi connectivity index (χ0v) is 12.6. The number of sulfone groups is 1. The van der Waals surface area contributed by atoms with Crippen molar-refractivity contribution < 1.29 is 8.42 Å². The van der Waals surface area contributed by atoms with Crippen molar-refractivity contribution in [1.29, 1.82) is 0 Å². The fraction of sp³-hybridized carbons (Fsp3) is 0.133. The minimum Gasteiger partial charge on any atom is -0.369 e. The normalized spacial score (nSPS) is 11.9. The first-order valence-electron chi connectivity index (χ1n) is 6.41. The lowest BCUT2D eigenvalue weighted by Crippen LogP contribution is -2.02. The van der Waals surface area contributed by atoms with E-state index in [2.05, 4.69) is 4.98 Å². The minimum atomic E-state index is -3.20. The molecule has 6 heteroatoms. The number of nitrogen functional groups attached to an aromatic ring is 1. The summed E-state index contributed by atoms with van der Waals surface area (Å²) in [5, 5.41) is 0. The van der Waals surface area contributed by atoms with Crippen molar-refractivity contribution in [2.75, 3.05) is 12.0 Å². The van der Waals surface area contributed by atoms with Crippen molar-refractivity contribution in [3.05, 3.63) is 48.0 Å². The van der Waals surface area contributed by atoms with Gasteiger partial charge in [0.25, 0.3) is 0 Å². The van der Waals surface area contributed by atoms with Crippen molar-refractivity contribution in [3.63, 3.8) is 0 Å². The number of imidazole rings is 1. The number of anilines is 1. The summed E-state index contributed by atoms with van der Waals surface area (Å²) in [6.45, 7) is 2.00. The molecule has 0 aliphatic rings. The third-order valence-electron chi connectivity index (χ3n) is 3.36. The summed E-state index contributed by atoms with van der Waals surface area (Å²) in [5.74, 6) is 0.378. The predicted octanol–water partition coefficient (Wildman–Crippen LogP) is 2.32. The van der Waals surface area contributed by atoms with Gasteiger partial charge in [-0.1, -0.05) is 6.07 Å². The molecule has 2 aromatic carbocycles. The van der Waals surface area contributed by atoms with Crippen molar-refractivity contribution in [1.82, 2.24) is 9.55 Å². The van der Waals surface area contributed by atoms with E-state index in [0.717, 1.165) is 22.3 Å². The Labute approximate surface area is 123 Å². The Morgan fingerprint density at radius 3 is 2.38 bits per heavy atom. The summed E-state index contributed by atoms with van der Waals surface area (Å²) in [7, 11) is -3.20. The molecule has 2 N–H and O–H groups in total. The van der Waals surface area contributed by atoms with Gasteiger partial charge >= 0.3 is 0 Å². The second-order valence-electron chi connectivity index (χ2n) is 5.06. The average Bonchev–Trinajstić information content (AvgIpc) is 2.73. The van der Waals surface area contributed by atoms with Crippen molar-refractivity contribution >= 4 is 26.8 Å². The van der Waals surface area contributed by atoms with Gasteiger partial charge in [-0.2, -0.15) is 0 Å². The molecule has 1 heterocycles. The lowest BCUT2D eigenvalue weighted by Gasteiger charge is -2.07. The molecule has 0 aliphatic heterocycles. The first-order valence-corrected chi connectivity index (χ1v) is 8.30. The number of aryl methyl sites for hydroxylation is 1. The van der Waals surface area contributed by atoms with Crippen LogP contribution in [0.25, 0.3) is 16.7 Å². The van der Waals surface area contributed by atoms with Gasteiger partial charge in [0, 0.05) is 11.9 Å². The molecular formula is C15H15N3O2S. The Kier molecular flexibility index (Phi) is 2.98. The lowest BCUT2D eigenvalue weighted by atomic mass is 10.2. The highest BCUT2D eigenvalue weighted by Gasteiger charge is 2.12. The van der Waals surface area contributed by atoms with Crippen molar-refractivity contribution in [3.8, 4) is 5.69 Å². The van der Waals surface area contributed by atoms with Crippen molar-refractivity contribution in [2.24, 2.45) is 0 Å². The molecule has 0 radical (unpaired) electrons. The van der Waals surface area contributed by atoms with Crippen LogP contribution >= 0.6 is 0 Å². The van der Waals surface area contributed by atoms with E-state index < -0.39 is 9.84 Å². The molecule has 0 saturated carbocycles. The number of hydrogen-bond donors (Lipinski definition) is 1. The van der Waals surface area contributed by atoms with Crippen LogP contribution in [0.1, 0.15) is 5.56 Å². The fourth-order valence-corrected chi connectivity index (χ4v) is 2.95. The van der Waals surface area contributed by atoms with Gasteiger partial charge in [-0.25, -0.2) is 13.4 Å². The molecule has 21 heavy (non-hydrogen) atoms. The van der Waals surface area contributed by atoms with E-state index in [0.29, 0.717) is 5.95 Å². The zero-order valence-electron chi connectivity index (χ0n) is 11.7. The second-order valence-corrected chi connectivity index (χ2v) is 7.08. The highest BCUT2D eigenvalue weighted by molar-refractivity contribution is 7.90. The first-order chi connectivity index (χ1) is 9.86. The maximum Gasteiger partial charge on any atom is 0.205 e. The van der Waals surface area contributed by atoms with Crippen molar-refractivity contribution in [2.45, 2.75) is 11.8 Å². The Hall–Kier alpha value is -2.34. The predicted molar refractivity (Wildman–Crippen MR) is 83.3 cm³/mol. The third-order valence-corrected chi connectivity index (χ3v) is 4.49. The van der Waals surface area contributed by atoms with E-state index >= 15 is 0 Å². The highest BCUT2D eigenvalue weighted by Crippen LogP contribution is 2.24. The number of nitrogens with zero attached hydrogens (tertiary/aromatic N) is 2. The van der Waals surface area contributed by atoms with E-state index in [4.69, 9.17) is 5.73 Å². The molecule has 0 spiro atoms. The standard InChI is InChI=1S/C15H15N3O2S/c1-10-3-8-14-13(9-10)17-15(16)18(14)11-4-6-12(7-5-11)21(2,19)20/h3-9H,1-2H3,(H2,16,17). The fourth-order valence-electron chi connectivity index (χ4n) is 2.32. The van der Waals surface area contributed by atoms with Gasteiger partial charge in [-0.3, -0.25) is 4.57 Å². The number of fused-ring (bicyclic) bond motifs is 1. The number of aromatic nitrogens is 2. The van der Waals surface area contributed by atoms with Crippen LogP contribution in [0.15, 0.2) is 47.4 Å². The van der Waals surface area contributed by atoms with E-state index in [1.54, 1.807) is 28.8 Å². The van der Waals surface area contributed by atoms with Gasteiger partial charge in [0.2, 0.25) is 5.95 Å². The van der Waals surface area contributed by atoms with Gasteiger partial charge in [0.05, 0.1) is 15.9 Å². The summed E-state index contributed by atoms with van der Waals surface area (Å²) in [4.78, 5) is 4.63. The molecule has 0 aliphatic carbocycles. The lowest BCUT2D eigenvalue weighted by molar-refractivity contribution is 0.602. The Morgan fingerprint density at radius 2 is 1.76 bits per heavy atom. The number of hydrogen-bond acceptors (Lipinski definition) is 4. The van der Waals surface area contributed by atoms with Gasteiger partial charge in [-0.15, -0.1) is 0 Å². The van der Waals surface area contributed by atoms with Crippen LogP contribution in [-0.4, -0.2) is 24.2 Å². The van der Waals surface area contributed by atoms with E-state index in [9.17, 15) is 8.42 Å². The summed E-state index contributed by atoms with van der Waals surface area (Å²) in [6, 6.07) is 12.5. The van der Waals surface area contributed by atoms with E-state index in [1.165, 1.54) is 6.26 Å². The Bertz CT molecular complexity index is 925. The monoisotopic (exact) mass is 301 g/mol. The molecule has 1 aromatic heterocycles. The second kappa shape index (κ2) is 4.60. The van der Waals surface area contributed by atoms with Crippen LogP contribution in [0, 0.1) is 6.92 Å². The number of rotatable bonds is 2. The molecule has 3 rings (SSSR count). The van der Waals surface area contributed by atoms with E-state index in [1.807, 2.05) is 25.1 Å². The molecule has 0 unspecified atom stereocenters. The Balaban J connectivity index is 2.19. The molecule has 108 valence electrons. The van der Waals surface area contributed by atoms with Crippen LogP contribution in [0.5, 0.6) is 0 Å². The van der Waals surface area contributed by atoms with Gasteiger partial charge in [0.15, 0.2) is 9.84 Å².